The summed E-state index contributed by atoms with van der Waals surface area (Å²) in [5.41, 5.74) is 2.19. The third-order valence-electron chi connectivity index (χ3n) is 5.36. The van der Waals surface area contributed by atoms with Crippen LogP contribution in [-0.4, -0.2) is 43.3 Å². The number of nitrogens with zero attached hydrogens (tertiary/aromatic N) is 3. The third kappa shape index (κ3) is 4.94. The zero-order chi connectivity index (χ0) is 24.8. The number of carbonyl (C=O) groups excluding carboxylic acids is 3. The van der Waals surface area contributed by atoms with Gasteiger partial charge in [0, 0.05) is 12.7 Å². The molecule has 3 rings (SSSR count). The number of esters is 1. The van der Waals surface area contributed by atoms with Gasteiger partial charge in [0.05, 0.1) is 36.7 Å². The van der Waals surface area contributed by atoms with Crippen molar-refractivity contribution in [1.82, 2.24) is 4.57 Å². The zero-order valence-electron chi connectivity index (χ0n) is 19.2. The minimum absolute atomic E-state index is 0.0915. The Morgan fingerprint density at radius 1 is 1.18 bits per heavy atom. The lowest BCUT2D eigenvalue weighted by atomic mass is 10.1. The SMILES string of the molecule is COC(=O)N(C)c1ccccc1C(=O)OCC(=O)Nc1c(C#N)c(C)c(C)n1Cc1ccco1. The Labute approximate surface area is 196 Å². The van der Waals surface area contributed by atoms with Gasteiger partial charge in [-0.05, 0) is 43.7 Å². The lowest BCUT2D eigenvalue weighted by Crippen LogP contribution is -2.28. The van der Waals surface area contributed by atoms with Gasteiger partial charge in [0.2, 0.25) is 0 Å². The number of aromatic nitrogens is 1. The monoisotopic (exact) mass is 464 g/mol. The van der Waals surface area contributed by atoms with Crippen LogP contribution in [0.5, 0.6) is 0 Å². The smallest absolute Gasteiger partial charge is 0.413 e. The molecule has 3 aromatic rings. The highest BCUT2D eigenvalue weighted by Crippen LogP contribution is 2.27. The first-order valence-corrected chi connectivity index (χ1v) is 10.3. The fourth-order valence-corrected chi connectivity index (χ4v) is 3.44. The number of hydrogen-bond acceptors (Lipinski definition) is 7. The molecule has 2 aromatic heterocycles. The van der Waals surface area contributed by atoms with E-state index in [-0.39, 0.29) is 11.3 Å². The van der Waals surface area contributed by atoms with Gasteiger partial charge in [0.1, 0.15) is 17.6 Å². The van der Waals surface area contributed by atoms with Crippen LogP contribution in [0, 0.1) is 25.2 Å². The lowest BCUT2D eigenvalue weighted by molar-refractivity contribution is -0.119. The summed E-state index contributed by atoms with van der Waals surface area (Å²) in [5, 5.41) is 12.3. The average molecular weight is 464 g/mol. The number of para-hydroxylation sites is 1. The number of nitriles is 1. The number of methoxy groups -OCH3 is 1. The molecule has 10 heteroatoms. The van der Waals surface area contributed by atoms with E-state index in [1.54, 1.807) is 48.1 Å². The molecule has 34 heavy (non-hydrogen) atoms. The number of rotatable bonds is 7. The molecule has 0 bridgehead atoms. The Kier molecular flexibility index (Phi) is 7.38. The third-order valence-corrected chi connectivity index (χ3v) is 5.36. The van der Waals surface area contributed by atoms with Crippen molar-refractivity contribution in [3.63, 3.8) is 0 Å². The second-order valence-electron chi connectivity index (χ2n) is 7.38. The van der Waals surface area contributed by atoms with E-state index in [2.05, 4.69) is 16.1 Å². The standard InChI is InChI=1S/C24H24N4O6/c1-15-16(2)28(13-17-8-7-11-33-17)22(19(15)12-25)26-21(29)14-34-23(30)18-9-5-6-10-20(18)27(3)24(31)32-4/h5-11H,13-14H2,1-4H3,(H,26,29). The van der Waals surface area contributed by atoms with Gasteiger partial charge < -0.3 is 23.8 Å². The second-order valence-corrected chi connectivity index (χ2v) is 7.38. The second kappa shape index (κ2) is 10.4. The maximum Gasteiger partial charge on any atom is 0.413 e. The summed E-state index contributed by atoms with van der Waals surface area (Å²) in [6.07, 6.45) is 0.879. The van der Waals surface area contributed by atoms with Crippen LogP contribution in [-0.2, 0) is 20.8 Å². The van der Waals surface area contributed by atoms with E-state index in [0.717, 1.165) is 16.2 Å². The molecule has 0 atom stereocenters. The molecule has 1 N–H and O–H groups in total. The predicted octanol–water partition coefficient (Wildman–Crippen LogP) is 3.62. The maximum absolute atomic E-state index is 12.6. The largest absolute Gasteiger partial charge is 0.467 e. The molecule has 176 valence electrons. The van der Waals surface area contributed by atoms with Crippen molar-refractivity contribution < 1.29 is 28.3 Å². The summed E-state index contributed by atoms with van der Waals surface area (Å²) in [6, 6.07) is 11.9. The van der Waals surface area contributed by atoms with Crippen LogP contribution >= 0.6 is 0 Å². The molecule has 2 heterocycles. The minimum Gasteiger partial charge on any atom is -0.467 e. The number of benzene rings is 1. The van der Waals surface area contributed by atoms with Gasteiger partial charge in [0.25, 0.3) is 5.91 Å². The van der Waals surface area contributed by atoms with E-state index in [1.165, 1.54) is 20.2 Å². The quantitative estimate of drug-likeness (QED) is 0.529. The normalized spacial score (nSPS) is 10.3. The first-order valence-electron chi connectivity index (χ1n) is 10.3. The van der Waals surface area contributed by atoms with Gasteiger partial charge in [-0.25, -0.2) is 9.59 Å². The summed E-state index contributed by atoms with van der Waals surface area (Å²) < 4.78 is 17.0. The summed E-state index contributed by atoms with van der Waals surface area (Å²) in [6.45, 7) is 3.34. The van der Waals surface area contributed by atoms with Crippen molar-refractivity contribution in [2.45, 2.75) is 20.4 Å². The predicted molar refractivity (Wildman–Crippen MR) is 123 cm³/mol. The van der Waals surface area contributed by atoms with E-state index in [0.29, 0.717) is 23.7 Å². The molecule has 0 spiro atoms. The van der Waals surface area contributed by atoms with E-state index < -0.39 is 24.6 Å². The van der Waals surface area contributed by atoms with Gasteiger partial charge >= 0.3 is 12.1 Å². The molecule has 0 aliphatic heterocycles. The Morgan fingerprint density at radius 2 is 1.91 bits per heavy atom. The van der Waals surface area contributed by atoms with Gasteiger partial charge in [-0.3, -0.25) is 9.69 Å². The van der Waals surface area contributed by atoms with Crippen LogP contribution < -0.4 is 10.2 Å². The first kappa shape index (κ1) is 24.1. The molecule has 1 aromatic carbocycles. The Morgan fingerprint density at radius 3 is 2.56 bits per heavy atom. The van der Waals surface area contributed by atoms with Crippen LogP contribution in [0.4, 0.5) is 16.3 Å². The van der Waals surface area contributed by atoms with Crippen molar-refractivity contribution in [1.29, 1.82) is 5.26 Å². The van der Waals surface area contributed by atoms with Crippen molar-refractivity contribution in [3.8, 4) is 6.07 Å². The van der Waals surface area contributed by atoms with Crippen LogP contribution in [0.25, 0.3) is 0 Å². The van der Waals surface area contributed by atoms with E-state index in [9.17, 15) is 19.6 Å². The van der Waals surface area contributed by atoms with E-state index >= 15 is 0 Å². The number of nitrogens with one attached hydrogen (secondary N) is 1. The van der Waals surface area contributed by atoms with Crippen LogP contribution in [0.3, 0.4) is 0 Å². The van der Waals surface area contributed by atoms with Gasteiger partial charge in [-0.2, -0.15) is 5.26 Å². The fourth-order valence-electron chi connectivity index (χ4n) is 3.44. The molecule has 0 aliphatic carbocycles. The molecule has 0 unspecified atom stereocenters. The van der Waals surface area contributed by atoms with Crippen molar-refractivity contribution >= 4 is 29.5 Å². The molecule has 10 nitrogen and oxygen atoms in total. The fraction of sp³-hybridized carbons (Fsp3) is 0.250. The highest BCUT2D eigenvalue weighted by Gasteiger charge is 2.23. The molecular weight excluding hydrogens is 440 g/mol. The summed E-state index contributed by atoms with van der Waals surface area (Å²) >= 11 is 0. The lowest BCUT2D eigenvalue weighted by Gasteiger charge is -2.18. The maximum atomic E-state index is 12.6. The highest BCUT2D eigenvalue weighted by atomic mass is 16.5. The van der Waals surface area contributed by atoms with E-state index in [4.69, 9.17) is 9.15 Å². The molecular formula is C24H24N4O6. The zero-order valence-corrected chi connectivity index (χ0v) is 19.2. The van der Waals surface area contributed by atoms with Gasteiger partial charge in [0.15, 0.2) is 6.61 Å². The number of carbonyl (C=O) groups is 3. The molecule has 0 radical (unpaired) electrons. The van der Waals surface area contributed by atoms with Crippen molar-refractivity contribution in [2.24, 2.45) is 0 Å². The first-order chi connectivity index (χ1) is 16.3. The highest BCUT2D eigenvalue weighted by molar-refractivity contribution is 6.02. The molecule has 2 amide bonds. The number of amides is 2. The molecule has 0 saturated carbocycles. The van der Waals surface area contributed by atoms with E-state index in [1.807, 2.05) is 6.92 Å². The summed E-state index contributed by atoms with van der Waals surface area (Å²) in [7, 11) is 2.68. The van der Waals surface area contributed by atoms with Crippen LogP contribution in [0.1, 0.15) is 32.9 Å². The molecule has 0 aliphatic rings. The summed E-state index contributed by atoms with van der Waals surface area (Å²) in [5.74, 6) is -0.473. The summed E-state index contributed by atoms with van der Waals surface area (Å²) in [4.78, 5) is 38.3. The van der Waals surface area contributed by atoms with Gasteiger partial charge in [-0.1, -0.05) is 12.1 Å². The van der Waals surface area contributed by atoms with Crippen LogP contribution in [0.15, 0.2) is 47.1 Å². The topological polar surface area (TPSA) is 127 Å². The Bertz CT molecular complexity index is 1250. The molecule has 0 fully saturated rings. The Balaban J connectivity index is 1.75. The van der Waals surface area contributed by atoms with Crippen LogP contribution in [0.2, 0.25) is 0 Å². The number of anilines is 2. The Hall–Kier alpha value is -4.52. The van der Waals surface area contributed by atoms with Crippen molar-refractivity contribution in [2.75, 3.05) is 31.0 Å². The van der Waals surface area contributed by atoms with Crippen molar-refractivity contribution in [3.05, 3.63) is 70.8 Å². The minimum atomic E-state index is -0.791. The number of hydrogen-bond donors (Lipinski definition) is 1. The number of furan rings is 1. The van der Waals surface area contributed by atoms with Gasteiger partial charge in [-0.15, -0.1) is 0 Å². The molecule has 0 saturated heterocycles. The number of ether oxygens (including phenoxy) is 2. The average Bonchev–Trinajstić information content (AvgIpc) is 3.44.